The fraction of sp³-hybridized carbons (Fsp3) is 0.600. The van der Waals surface area contributed by atoms with E-state index in [0.717, 1.165) is 45.4 Å². The Bertz CT molecular complexity index is 554. The van der Waals surface area contributed by atoms with Crippen LogP contribution in [0.3, 0.4) is 0 Å². The lowest BCUT2D eigenvalue weighted by molar-refractivity contribution is -0.130. The highest BCUT2D eigenvalue weighted by atomic mass is 16.5. The van der Waals surface area contributed by atoms with Crippen LogP contribution in [-0.4, -0.2) is 56.2 Å². The summed E-state index contributed by atoms with van der Waals surface area (Å²) in [6.07, 6.45) is 4.07. The highest BCUT2D eigenvalue weighted by molar-refractivity contribution is 5.84. The molecule has 26 heavy (non-hydrogen) atoms. The number of likely N-dealkylation sites (tertiary alicyclic amines) is 1. The van der Waals surface area contributed by atoms with Gasteiger partial charge in [-0.05, 0) is 44.1 Å². The number of hydrogen-bond donors (Lipinski definition) is 2. The Kier molecular flexibility index (Phi) is 8.96. The van der Waals surface area contributed by atoms with Gasteiger partial charge in [-0.1, -0.05) is 30.3 Å². The maximum atomic E-state index is 12.3. The smallest absolute Gasteiger partial charge is 0.244 e. The summed E-state index contributed by atoms with van der Waals surface area (Å²) < 4.78 is 5.26. The second-order valence-corrected chi connectivity index (χ2v) is 6.69. The summed E-state index contributed by atoms with van der Waals surface area (Å²) in [4.78, 5) is 18.4. The minimum Gasteiger partial charge on any atom is -0.382 e. The summed E-state index contributed by atoms with van der Waals surface area (Å²) in [5.41, 5.74) is 7.18. The van der Waals surface area contributed by atoms with E-state index < -0.39 is 0 Å². The molecule has 0 aliphatic carbocycles. The molecule has 1 aliphatic heterocycles. The number of benzene rings is 1. The van der Waals surface area contributed by atoms with Crippen molar-refractivity contribution in [1.82, 2.24) is 10.2 Å². The van der Waals surface area contributed by atoms with Crippen LogP contribution in [0.25, 0.3) is 0 Å². The van der Waals surface area contributed by atoms with Crippen LogP contribution in [0.1, 0.15) is 31.7 Å². The summed E-state index contributed by atoms with van der Waals surface area (Å²) in [6, 6.07) is 10.6. The van der Waals surface area contributed by atoms with Crippen molar-refractivity contribution in [3.8, 4) is 0 Å². The zero-order chi connectivity index (χ0) is 18.6. The van der Waals surface area contributed by atoms with Gasteiger partial charge >= 0.3 is 0 Å². The first kappa shape index (κ1) is 20.2. The van der Waals surface area contributed by atoms with Gasteiger partial charge in [-0.2, -0.15) is 0 Å². The van der Waals surface area contributed by atoms with E-state index in [9.17, 15) is 4.79 Å². The van der Waals surface area contributed by atoms with Crippen molar-refractivity contribution in [2.75, 3.05) is 39.4 Å². The summed E-state index contributed by atoms with van der Waals surface area (Å²) >= 11 is 0. The molecular weight excluding hydrogens is 328 g/mol. The van der Waals surface area contributed by atoms with Crippen molar-refractivity contribution in [2.24, 2.45) is 16.6 Å². The van der Waals surface area contributed by atoms with Crippen LogP contribution in [0.15, 0.2) is 35.3 Å². The Morgan fingerprint density at radius 2 is 2.04 bits per heavy atom. The minimum atomic E-state index is 0.0576. The molecule has 0 radical (unpaired) electrons. The van der Waals surface area contributed by atoms with Crippen molar-refractivity contribution in [2.45, 2.75) is 32.6 Å². The molecule has 6 nitrogen and oxygen atoms in total. The average Bonchev–Trinajstić information content (AvgIpc) is 2.67. The predicted molar refractivity (Wildman–Crippen MR) is 105 cm³/mol. The number of carbonyl (C=O) groups excluding carboxylic acids is 1. The van der Waals surface area contributed by atoms with Gasteiger partial charge in [0.15, 0.2) is 5.96 Å². The first-order valence-corrected chi connectivity index (χ1v) is 9.62. The van der Waals surface area contributed by atoms with E-state index in [1.807, 2.05) is 17.9 Å². The Labute approximate surface area is 156 Å². The van der Waals surface area contributed by atoms with Gasteiger partial charge in [0.25, 0.3) is 0 Å². The standard InChI is InChI=1S/C20H32N4O2/c1-2-26-14-6-11-22-20(21)23-16-19(25)24-12-9-18(10-13-24)15-17-7-4-3-5-8-17/h3-5,7-8,18H,2,6,9-16H2,1H3,(H3,21,22,23). The normalized spacial score (nSPS) is 15.9. The first-order chi connectivity index (χ1) is 12.7. The summed E-state index contributed by atoms with van der Waals surface area (Å²) in [5, 5.41) is 3.01. The number of rotatable bonds is 9. The fourth-order valence-corrected chi connectivity index (χ4v) is 3.18. The lowest BCUT2D eigenvalue weighted by Gasteiger charge is -2.31. The van der Waals surface area contributed by atoms with E-state index >= 15 is 0 Å². The topological polar surface area (TPSA) is 80.0 Å². The number of carbonyl (C=O) groups is 1. The highest BCUT2D eigenvalue weighted by Crippen LogP contribution is 2.21. The number of ether oxygens (including phenoxy) is 1. The van der Waals surface area contributed by atoms with Gasteiger partial charge in [-0.3, -0.25) is 4.79 Å². The summed E-state index contributed by atoms with van der Waals surface area (Å²) in [6.45, 7) is 5.84. The largest absolute Gasteiger partial charge is 0.382 e. The number of nitrogens with two attached hydrogens (primary N) is 1. The van der Waals surface area contributed by atoms with Gasteiger partial charge in [0.05, 0.1) is 0 Å². The van der Waals surface area contributed by atoms with Crippen LogP contribution < -0.4 is 11.1 Å². The second kappa shape index (κ2) is 11.5. The number of hydrogen-bond acceptors (Lipinski definition) is 3. The lowest BCUT2D eigenvalue weighted by Crippen LogP contribution is -2.41. The molecule has 1 aliphatic rings. The summed E-state index contributed by atoms with van der Waals surface area (Å²) in [7, 11) is 0. The zero-order valence-corrected chi connectivity index (χ0v) is 15.8. The SMILES string of the molecule is CCOCCCNC(N)=NCC(=O)N1CCC(Cc2ccccc2)CC1. The van der Waals surface area contributed by atoms with Gasteiger partial charge < -0.3 is 20.7 Å². The molecule has 0 saturated carbocycles. The van der Waals surface area contributed by atoms with Gasteiger partial charge in [0.2, 0.25) is 5.91 Å². The van der Waals surface area contributed by atoms with Gasteiger partial charge in [-0.15, -0.1) is 0 Å². The Morgan fingerprint density at radius 1 is 1.31 bits per heavy atom. The molecule has 6 heteroatoms. The third-order valence-electron chi connectivity index (χ3n) is 4.69. The first-order valence-electron chi connectivity index (χ1n) is 9.62. The van der Waals surface area contributed by atoms with Gasteiger partial charge in [0, 0.05) is 32.8 Å². The van der Waals surface area contributed by atoms with E-state index in [1.165, 1.54) is 5.56 Å². The van der Waals surface area contributed by atoms with E-state index in [1.54, 1.807) is 0 Å². The van der Waals surface area contributed by atoms with Crippen molar-refractivity contribution < 1.29 is 9.53 Å². The molecule has 0 aromatic heterocycles. The number of aliphatic imine (C=N–C) groups is 1. The van der Waals surface area contributed by atoms with E-state index in [2.05, 4.69) is 34.6 Å². The predicted octanol–water partition coefficient (Wildman–Crippen LogP) is 1.80. The molecule has 2 rings (SSSR count). The van der Waals surface area contributed by atoms with Crippen LogP contribution in [0.2, 0.25) is 0 Å². The van der Waals surface area contributed by atoms with Crippen molar-refractivity contribution in [3.63, 3.8) is 0 Å². The monoisotopic (exact) mass is 360 g/mol. The number of piperidine rings is 1. The molecule has 1 amide bonds. The Balaban J connectivity index is 1.63. The van der Waals surface area contributed by atoms with Crippen LogP contribution >= 0.6 is 0 Å². The molecule has 1 saturated heterocycles. The van der Waals surface area contributed by atoms with E-state index in [0.29, 0.717) is 25.0 Å². The minimum absolute atomic E-state index is 0.0576. The fourth-order valence-electron chi connectivity index (χ4n) is 3.18. The molecule has 3 N–H and O–H groups in total. The number of nitrogens with one attached hydrogen (secondary N) is 1. The van der Waals surface area contributed by atoms with Crippen molar-refractivity contribution in [3.05, 3.63) is 35.9 Å². The quantitative estimate of drug-likeness (QED) is 0.400. The van der Waals surface area contributed by atoms with Crippen LogP contribution in [-0.2, 0) is 16.0 Å². The highest BCUT2D eigenvalue weighted by Gasteiger charge is 2.22. The molecule has 1 fully saturated rings. The maximum Gasteiger partial charge on any atom is 0.244 e. The van der Waals surface area contributed by atoms with Crippen molar-refractivity contribution in [1.29, 1.82) is 0 Å². The molecule has 0 atom stereocenters. The van der Waals surface area contributed by atoms with Crippen LogP contribution in [0.4, 0.5) is 0 Å². The molecule has 1 heterocycles. The second-order valence-electron chi connectivity index (χ2n) is 6.69. The van der Waals surface area contributed by atoms with Crippen molar-refractivity contribution >= 4 is 11.9 Å². The molecule has 144 valence electrons. The Morgan fingerprint density at radius 3 is 2.73 bits per heavy atom. The van der Waals surface area contributed by atoms with E-state index in [-0.39, 0.29) is 12.5 Å². The molecule has 0 bridgehead atoms. The number of amides is 1. The third-order valence-corrected chi connectivity index (χ3v) is 4.69. The molecule has 0 spiro atoms. The lowest BCUT2D eigenvalue weighted by atomic mass is 9.90. The number of nitrogens with zero attached hydrogens (tertiary/aromatic N) is 2. The summed E-state index contributed by atoms with van der Waals surface area (Å²) in [5.74, 6) is 1.04. The average molecular weight is 361 g/mol. The molecule has 0 unspecified atom stereocenters. The Hall–Kier alpha value is -2.08. The van der Waals surface area contributed by atoms with Gasteiger partial charge in [-0.25, -0.2) is 4.99 Å². The van der Waals surface area contributed by atoms with E-state index in [4.69, 9.17) is 10.5 Å². The number of guanidine groups is 1. The third kappa shape index (κ3) is 7.44. The van der Waals surface area contributed by atoms with Crippen LogP contribution in [0.5, 0.6) is 0 Å². The maximum absolute atomic E-state index is 12.3. The zero-order valence-electron chi connectivity index (χ0n) is 15.8. The molecule has 1 aromatic carbocycles. The van der Waals surface area contributed by atoms with Gasteiger partial charge in [0.1, 0.15) is 6.54 Å². The molecule has 1 aromatic rings. The molecular formula is C20H32N4O2. The van der Waals surface area contributed by atoms with Crippen LogP contribution in [0, 0.1) is 5.92 Å².